The van der Waals surface area contributed by atoms with Gasteiger partial charge in [-0.1, -0.05) is 101 Å². The Labute approximate surface area is 491 Å². The summed E-state index contributed by atoms with van der Waals surface area (Å²) in [6, 6.07) is -7.34. The minimum Gasteiger partial charge on any atom is -0.467 e. The van der Waals surface area contributed by atoms with Crippen LogP contribution in [-0.4, -0.2) is 185 Å². The van der Waals surface area contributed by atoms with Gasteiger partial charge in [0.2, 0.25) is 35.4 Å². The molecule has 0 radical (unpaired) electrons. The molecule has 3 saturated carbocycles. The van der Waals surface area contributed by atoms with E-state index in [0.717, 1.165) is 107 Å². The molecule has 6 N–H and O–H groups in total. The number of rotatable bonds is 6. The van der Waals surface area contributed by atoms with Gasteiger partial charge in [-0.05, 0) is 54.8 Å². The van der Waals surface area contributed by atoms with Gasteiger partial charge in [0.1, 0.15) is 36.3 Å². The van der Waals surface area contributed by atoms with Crippen LogP contribution in [0.5, 0.6) is 0 Å². The van der Waals surface area contributed by atoms with E-state index in [-0.39, 0.29) is 70.0 Å². The van der Waals surface area contributed by atoms with Crippen molar-refractivity contribution < 1.29 is 86.0 Å². The van der Waals surface area contributed by atoms with E-state index in [1.54, 1.807) is 0 Å². The van der Waals surface area contributed by atoms with Crippen molar-refractivity contribution >= 4 is 136 Å². The molecule has 6 bridgehead atoms. The van der Waals surface area contributed by atoms with E-state index in [1.807, 2.05) is 36.5 Å². The fraction of sp³-hybridized carbons (Fsp3) is 0.647. The van der Waals surface area contributed by atoms with Crippen molar-refractivity contribution in [3.8, 4) is 0 Å². The summed E-state index contributed by atoms with van der Waals surface area (Å²) in [7, 11) is 13.4. The molecule has 18 atom stereocenters. The zero-order chi connectivity index (χ0) is 58.7. The Kier molecular flexibility index (Phi) is 23.1. The Hall–Kier alpha value is -5.04. The molecule has 0 spiro atoms. The summed E-state index contributed by atoms with van der Waals surface area (Å²) in [6.07, 6.45) is 12.4. The van der Waals surface area contributed by atoms with Gasteiger partial charge in [-0.2, -0.15) is 0 Å². The predicted octanol–water partition coefficient (Wildman–Crippen LogP) is 0.406. The number of carbonyl (C=O) groups is 12. The third-order valence-electron chi connectivity index (χ3n) is 15.7. The van der Waals surface area contributed by atoms with E-state index in [4.69, 9.17) is 28.4 Å². The smallest absolute Gasteiger partial charge is 0.329 e. The maximum atomic E-state index is 14.2. The van der Waals surface area contributed by atoms with Crippen LogP contribution in [0.4, 0.5) is 0 Å². The van der Waals surface area contributed by atoms with Crippen LogP contribution in [0.3, 0.4) is 0 Å². The minimum absolute atomic E-state index is 0.0717. The summed E-state index contributed by atoms with van der Waals surface area (Å²) in [5.41, 5.74) is 0. The average Bonchev–Trinajstić information content (AvgIpc) is 4.57. The molecule has 0 aromatic rings. The van der Waals surface area contributed by atoms with E-state index in [1.165, 1.54) is 0 Å². The molecule has 6 aliphatic carbocycles. The summed E-state index contributed by atoms with van der Waals surface area (Å²) in [6.45, 7) is 0. The highest BCUT2D eigenvalue weighted by molar-refractivity contribution is 8.77. The molecule has 0 aromatic carbocycles. The summed E-state index contributed by atoms with van der Waals surface area (Å²) in [5.74, 6) is -16.8. The van der Waals surface area contributed by atoms with Gasteiger partial charge in [0.25, 0.3) is 0 Å². The number of allylic oxidation sites excluding steroid dienone is 6. The molecule has 0 aromatic heterocycles. The SMILES string of the molecule is COC(=O)[C@@H]1CSSC[C@@H](C(=O)OC)NC(=O)C2C3C=CC(C3)C2C(=O)N[C@H](C(=O)OC)CSSC[C@@H](C(=O)OC)NC(=O)C2C3C=CC(C3)C2C(=O)N[C@H](C(=O)OC)CSSC[C@@H](C(=O)OC)NC(=O)C2C3C=CC(C3)C2C(=O)N1. The Morgan fingerprint density at radius 1 is 0.296 bits per heavy atom. The highest BCUT2D eigenvalue weighted by Crippen LogP contribution is 2.51. The van der Waals surface area contributed by atoms with Gasteiger partial charge in [-0.25, -0.2) is 28.8 Å². The zero-order valence-electron chi connectivity index (χ0n) is 45.0. The van der Waals surface area contributed by atoms with Gasteiger partial charge in [-0.3, -0.25) is 28.8 Å². The molecule has 7 rings (SSSR count). The Morgan fingerprint density at radius 2 is 0.432 bits per heavy atom. The number of fused-ring (bicyclic) bond motifs is 15. The van der Waals surface area contributed by atoms with Crippen LogP contribution in [0.15, 0.2) is 36.5 Å². The Morgan fingerprint density at radius 3 is 0.556 bits per heavy atom. The lowest BCUT2D eigenvalue weighted by molar-refractivity contribution is -0.147. The number of methoxy groups -OCH3 is 6. The quantitative estimate of drug-likeness (QED) is 0.0908. The summed E-state index contributed by atoms with van der Waals surface area (Å²) < 4.78 is 30.2. The third-order valence-corrected chi connectivity index (χ3v) is 22.9. The number of esters is 6. The molecule has 81 heavy (non-hydrogen) atoms. The van der Waals surface area contributed by atoms with Crippen LogP contribution in [-0.2, 0) is 86.0 Å². The molecule has 24 nitrogen and oxygen atoms in total. The van der Waals surface area contributed by atoms with Gasteiger partial charge in [0, 0.05) is 34.5 Å². The lowest BCUT2D eigenvalue weighted by Gasteiger charge is -2.29. The lowest BCUT2D eigenvalue weighted by atomic mass is 9.81. The molecule has 4 fully saturated rings. The fourth-order valence-corrected chi connectivity index (χ4v) is 18.7. The van der Waals surface area contributed by atoms with E-state index < -0.39 is 143 Å². The highest BCUT2D eigenvalue weighted by atomic mass is 33.1. The van der Waals surface area contributed by atoms with Gasteiger partial charge >= 0.3 is 35.8 Å². The van der Waals surface area contributed by atoms with Crippen molar-refractivity contribution in [2.24, 2.45) is 71.0 Å². The van der Waals surface area contributed by atoms with E-state index in [0.29, 0.717) is 19.3 Å². The second-order valence-electron chi connectivity index (χ2n) is 20.2. The average molecular weight is 1240 g/mol. The number of amides is 6. The monoisotopic (exact) mass is 1240 g/mol. The maximum absolute atomic E-state index is 14.2. The van der Waals surface area contributed by atoms with E-state index >= 15 is 0 Å². The van der Waals surface area contributed by atoms with Crippen LogP contribution < -0.4 is 31.9 Å². The zero-order valence-corrected chi connectivity index (χ0v) is 49.9. The lowest BCUT2D eigenvalue weighted by Crippen LogP contribution is -2.52. The molecule has 1 saturated heterocycles. The van der Waals surface area contributed by atoms with Gasteiger partial charge in [-0.15, -0.1) is 0 Å². The van der Waals surface area contributed by atoms with Gasteiger partial charge in [0.15, 0.2) is 0 Å². The second kappa shape index (κ2) is 29.5. The number of carbonyl (C=O) groups excluding carboxylic acids is 12. The molecule has 7 aliphatic rings. The van der Waals surface area contributed by atoms with E-state index in [9.17, 15) is 57.5 Å². The van der Waals surface area contributed by atoms with Crippen LogP contribution in [0.25, 0.3) is 0 Å². The molecule has 1 aliphatic heterocycles. The molecule has 1 heterocycles. The first kappa shape index (κ1) is 63.5. The largest absolute Gasteiger partial charge is 0.467 e. The van der Waals surface area contributed by atoms with Crippen LogP contribution in [0.2, 0.25) is 0 Å². The number of nitrogens with one attached hydrogen (secondary N) is 6. The predicted molar refractivity (Wildman–Crippen MR) is 302 cm³/mol. The highest BCUT2D eigenvalue weighted by Gasteiger charge is 2.55. The number of hydrogen-bond donors (Lipinski definition) is 6. The van der Waals surface area contributed by atoms with Crippen molar-refractivity contribution in [2.75, 3.05) is 77.2 Å². The molecule has 444 valence electrons. The standard InChI is InChI=1S/C51H66N6O18S6/c1-70-46(64)28-16-76-77-17-29(47(65)71-2)53-42(60)36-24-9-10-25(14-24)37(36)43(61)55-32(50(68)74-5)20-80-81-21-33(51(69)75-6)57-45(63)39-27-12-11-26(15-27)38(39)44(62)56-31(49(67)73-4)19-79-78-18-30(48(66)72-3)54-41(59)35-23-8-7-22(13-23)34(35)40(58)52-28/h7-12,22-39H,13-21H2,1-6H3,(H,52,58)(H,53,60)(H,54,59)(H,55,61)(H,56,62)(H,57,63)/t22?,23?,24?,25?,26?,27?,28-,29-,30-,31-,32-,33-,34?,35?,36?,37?,38?,39?/m0/s1. The topological polar surface area (TPSA) is 332 Å². The first-order valence-electron chi connectivity index (χ1n) is 26.0. The molecule has 30 heteroatoms. The van der Waals surface area contributed by atoms with Crippen LogP contribution in [0, 0.1) is 71.0 Å². The summed E-state index contributed by atoms with van der Waals surface area (Å²) in [5, 5.41) is 16.5. The van der Waals surface area contributed by atoms with Crippen molar-refractivity contribution in [1.29, 1.82) is 0 Å². The first-order valence-corrected chi connectivity index (χ1v) is 33.4. The van der Waals surface area contributed by atoms with Gasteiger partial charge < -0.3 is 60.3 Å². The van der Waals surface area contributed by atoms with Crippen molar-refractivity contribution in [3.05, 3.63) is 36.5 Å². The Balaban J connectivity index is 1.12. The molecular weight excluding hydrogens is 1180 g/mol. The molecular formula is C51H66N6O18S6. The normalized spacial score (nSPS) is 35.9. The summed E-state index contributed by atoms with van der Waals surface area (Å²) in [4.78, 5) is 164. The number of ether oxygens (including phenoxy) is 6. The fourth-order valence-electron chi connectivity index (χ4n) is 11.8. The van der Waals surface area contributed by atoms with E-state index in [2.05, 4.69) is 31.9 Å². The van der Waals surface area contributed by atoms with Crippen molar-refractivity contribution in [3.63, 3.8) is 0 Å². The van der Waals surface area contributed by atoms with Crippen molar-refractivity contribution in [2.45, 2.75) is 55.5 Å². The molecule has 12 unspecified atom stereocenters. The minimum atomic E-state index is -1.22. The van der Waals surface area contributed by atoms with Crippen molar-refractivity contribution in [1.82, 2.24) is 31.9 Å². The second-order valence-corrected chi connectivity index (χ2v) is 27.9. The maximum Gasteiger partial charge on any atom is 0.329 e. The first-order chi connectivity index (χ1) is 38.9. The molecule has 6 amide bonds. The third kappa shape index (κ3) is 15.0. The van der Waals surface area contributed by atoms with Gasteiger partial charge in [0.05, 0.1) is 78.2 Å². The van der Waals surface area contributed by atoms with Crippen LogP contribution >= 0.6 is 64.8 Å². The summed E-state index contributed by atoms with van der Waals surface area (Å²) >= 11 is 0. The Bertz CT molecular complexity index is 2110. The van der Waals surface area contributed by atoms with Crippen LogP contribution in [0.1, 0.15) is 19.3 Å². The number of hydrogen-bond acceptors (Lipinski definition) is 24.